The molecule has 0 fully saturated rings. The van der Waals surface area contributed by atoms with Gasteiger partial charge in [0.15, 0.2) is 0 Å². The second-order valence-corrected chi connectivity index (χ2v) is 1.88. The summed E-state index contributed by atoms with van der Waals surface area (Å²) >= 11 is 0. The van der Waals surface area contributed by atoms with Crippen molar-refractivity contribution in [3.63, 3.8) is 0 Å². The molecule has 1 aliphatic heterocycles. The van der Waals surface area contributed by atoms with Crippen LogP contribution in [0.1, 0.15) is 0 Å². The highest BCUT2D eigenvalue weighted by atomic mass is 16.1. The van der Waals surface area contributed by atoms with Crippen molar-refractivity contribution < 1.29 is 4.79 Å². The van der Waals surface area contributed by atoms with E-state index in [4.69, 9.17) is 0 Å². The third kappa shape index (κ3) is 0.512. The minimum Gasteiger partial charge on any atom is -0.346 e. The maximum absolute atomic E-state index is 10.5. The molecule has 3 heteroatoms. The number of rotatable bonds is 0. The third-order valence-corrected chi connectivity index (χ3v) is 1.26. The number of aromatic nitrogens is 1. The van der Waals surface area contributed by atoms with Crippen molar-refractivity contribution in [3.8, 4) is 0 Å². The first-order valence-electron chi connectivity index (χ1n) is 2.64. The Morgan fingerprint density at radius 1 is 1.56 bits per heavy atom. The maximum atomic E-state index is 10.5. The van der Waals surface area contributed by atoms with Crippen molar-refractivity contribution in [2.45, 2.75) is 0 Å². The highest BCUT2D eigenvalue weighted by molar-refractivity contribution is 6.06. The van der Waals surface area contributed by atoms with Crippen LogP contribution in [0, 0.1) is 0 Å². The van der Waals surface area contributed by atoms with Crippen LogP contribution in [0.25, 0.3) is 6.08 Å². The van der Waals surface area contributed by atoms with Crippen LogP contribution in [0.2, 0.25) is 0 Å². The lowest BCUT2D eigenvalue weighted by Gasteiger charge is -1.68. The Morgan fingerprint density at radius 2 is 2.44 bits per heavy atom. The molecule has 0 radical (unpaired) electrons. The summed E-state index contributed by atoms with van der Waals surface area (Å²) in [7, 11) is 0. The molecule has 1 amide bonds. The lowest BCUT2D eigenvalue weighted by atomic mass is 10.4. The van der Waals surface area contributed by atoms with E-state index in [1.165, 1.54) is 6.08 Å². The summed E-state index contributed by atoms with van der Waals surface area (Å²) in [5.74, 6) is -0.170. The van der Waals surface area contributed by atoms with E-state index in [1.54, 1.807) is 6.20 Å². The summed E-state index contributed by atoms with van der Waals surface area (Å²) < 4.78 is 0. The van der Waals surface area contributed by atoms with Crippen molar-refractivity contribution in [1.82, 2.24) is 4.98 Å². The molecular weight excluding hydrogens is 116 g/mol. The van der Waals surface area contributed by atoms with Gasteiger partial charge in [0.1, 0.15) is 5.49 Å². The summed E-state index contributed by atoms with van der Waals surface area (Å²) in [6.07, 6.45) is 3.27. The Morgan fingerprint density at radius 3 is 3.22 bits per heavy atom. The predicted molar refractivity (Wildman–Crippen MR) is 31.0 cm³/mol. The summed E-state index contributed by atoms with van der Waals surface area (Å²) in [4.78, 5) is 17.0. The van der Waals surface area contributed by atoms with E-state index in [0.717, 1.165) is 5.22 Å². The van der Waals surface area contributed by atoms with Crippen LogP contribution in [0.3, 0.4) is 0 Å². The van der Waals surface area contributed by atoms with E-state index in [0.29, 0.717) is 5.49 Å². The van der Waals surface area contributed by atoms with Crippen LogP contribution in [0.15, 0.2) is 17.3 Å². The average molecular weight is 120 g/mol. The van der Waals surface area contributed by atoms with Crippen LogP contribution < -0.4 is 10.7 Å². The number of fused-ring (bicyclic) bond motifs is 1. The molecule has 9 heavy (non-hydrogen) atoms. The molecule has 2 rings (SSSR count). The summed E-state index contributed by atoms with van der Waals surface area (Å²) in [6, 6.07) is 1.82. The quantitative estimate of drug-likeness (QED) is 0.466. The Hall–Kier alpha value is -1.38. The molecule has 0 saturated heterocycles. The van der Waals surface area contributed by atoms with Crippen LogP contribution in [-0.2, 0) is 4.79 Å². The first-order chi connectivity index (χ1) is 4.36. The van der Waals surface area contributed by atoms with E-state index >= 15 is 0 Å². The summed E-state index contributed by atoms with van der Waals surface area (Å²) in [5.41, 5.74) is 0.681. The molecule has 2 heterocycles. The molecule has 44 valence electrons. The van der Waals surface area contributed by atoms with Crippen molar-refractivity contribution >= 4 is 12.0 Å². The third-order valence-electron chi connectivity index (χ3n) is 1.26. The first-order valence-corrected chi connectivity index (χ1v) is 2.64. The normalized spacial score (nSPS) is 14.4. The highest BCUT2D eigenvalue weighted by Gasteiger charge is 2.01. The first kappa shape index (κ1) is 4.49. The van der Waals surface area contributed by atoms with Crippen molar-refractivity contribution in [3.05, 3.63) is 23.0 Å². The molecule has 1 aliphatic rings. The molecule has 0 atom stereocenters. The zero-order chi connectivity index (χ0) is 6.27. The maximum Gasteiger partial charge on any atom is 0.272 e. The zero-order valence-corrected chi connectivity index (χ0v) is 4.59. The Labute approximate surface area is 50.7 Å². The van der Waals surface area contributed by atoms with E-state index < -0.39 is 0 Å². The number of amides is 1. The van der Waals surface area contributed by atoms with Crippen LogP contribution >= 0.6 is 0 Å². The van der Waals surface area contributed by atoms with Gasteiger partial charge >= 0.3 is 0 Å². The van der Waals surface area contributed by atoms with Gasteiger partial charge in [-0.15, -0.1) is 0 Å². The van der Waals surface area contributed by atoms with Gasteiger partial charge in [-0.25, -0.2) is 0 Å². The van der Waals surface area contributed by atoms with Crippen LogP contribution in [-0.4, -0.2) is 10.9 Å². The summed E-state index contributed by atoms with van der Waals surface area (Å²) in [6.45, 7) is 0. The zero-order valence-electron chi connectivity index (χ0n) is 4.59. The Kier molecular flexibility index (Phi) is 0.656. The molecule has 0 spiro atoms. The molecule has 0 aromatic carbocycles. The number of carbonyl (C=O) groups is 1. The van der Waals surface area contributed by atoms with Gasteiger partial charge in [0.25, 0.3) is 5.91 Å². The molecule has 1 aromatic heterocycles. The highest BCUT2D eigenvalue weighted by Crippen LogP contribution is 1.79. The number of nitrogens with zero attached hydrogens (tertiary/aromatic N) is 1. The molecule has 1 aromatic rings. The predicted octanol–water partition coefficient (Wildman–Crippen LogP) is -1.05. The van der Waals surface area contributed by atoms with Gasteiger partial charge in [-0.05, 0) is 6.07 Å². The van der Waals surface area contributed by atoms with Crippen molar-refractivity contribution in [2.24, 2.45) is 4.99 Å². The van der Waals surface area contributed by atoms with Crippen molar-refractivity contribution in [2.75, 3.05) is 0 Å². The van der Waals surface area contributed by atoms with Gasteiger partial charge in [0.2, 0.25) is 0 Å². The number of carbonyl (C=O) groups excluding carboxylic acids is 1. The minimum atomic E-state index is -0.170. The topological polar surface area (TPSA) is 45.2 Å². The fraction of sp³-hybridized carbons (Fsp3) is 0. The molecule has 0 aliphatic carbocycles. The molecule has 0 bridgehead atoms. The number of hydrogen-bond donors (Lipinski definition) is 1. The van der Waals surface area contributed by atoms with Crippen molar-refractivity contribution in [1.29, 1.82) is 0 Å². The van der Waals surface area contributed by atoms with Crippen LogP contribution in [0.5, 0.6) is 0 Å². The van der Waals surface area contributed by atoms with Gasteiger partial charge < -0.3 is 4.98 Å². The Balaban J connectivity index is 3.01. The van der Waals surface area contributed by atoms with E-state index in [-0.39, 0.29) is 5.91 Å². The Bertz CT molecular complexity index is 328. The number of nitrogens with one attached hydrogen (secondary N) is 1. The van der Waals surface area contributed by atoms with Gasteiger partial charge in [-0.2, -0.15) is 4.99 Å². The molecule has 1 N–H and O–H groups in total. The standard InChI is InChI=1S/C6H4N2O/c9-5-3-4-1-2-7-6(4)8-5/h1-3H,(H,7,8,9). The van der Waals surface area contributed by atoms with Gasteiger partial charge in [0, 0.05) is 17.5 Å². The van der Waals surface area contributed by atoms with E-state index in [9.17, 15) is 4.79 Å². The average Bonchev–Trinajstić information content (AvgIpc) is 2.22. The lowest BCUT2D eigenvalue weighted by molar-refractivity contribution is -0.112. The van der Waals surface area contributed by atoms with E-state index in [2.05, 4.69) is 9.98 Å². The molecule has 3 nitrogen and oxygen atoms in total. The van der Waals surface area contributed by atoms with Gasteiger partial charge in [-0.1, -0.05) is 0 Å². The summed E-state index contributed by atoms with van der Waals surface area (Å²) in [5, 5.41) is 0.889. The molecule has 0 saturated carbocycles. The SMILES string of the molecule is O=C1C=c2cc[nH]c2=N1. The minimum absolute atomic E-state index is 0.170. The smallest absolute Gasteiger partial charge is 0.272 e. The monoisotopic (exact) mass is 120 g/mol. The largest absolute Gasteiger partial charge is 0.346 e. The van der Waals surface area contributed by atoms with Gasteiger partial charge in [0.05, 0.1) is 0 Å². The fourth-order valence-corrected chi connectivity index (χ4v) is 0.861. The fourth-order valence-electron chi connectivity index (χ4n) is 0.861. The van der Waals surface area contributed by atoms with E-state index in [1.807, 2.05) is 6.07 Å². The molecular formula is C6H4N2O. The van der Waals surface area contributed by atoms with Gasteiger partial charge in [-0.3, -0.25) is 4.79 Å². The number of aromatic amines is 1. The number of H-pyrrole nitrogens is 1. The second kappa shape index (κ2) is 1.31. The molecule has 0 unspecified atom stereocenters. The lowest BCUT2D eigenvalue weighted by Crippen LogP contribution is -2.17. The van der Waals surface area contributed by atoms with Crippen LogP contribution in [0.4, 0.5) is 0 Å². The number of hydrogen-bond acceptors (Lipinski definition) is 1. The second-order valence-electron chi connectivity index (χ2n) is 1.88.